The van der Waals surface area contributed by atoms with E-state index in [0.29, 0.717) is 27.4 Å². The van der Waals surface area contributed by atoms with E-state index in [1.54, 1.807) is 42.6 Å². The Labute approximate surface area is 155 Å². The predicted molar refractivity (Wildman–Crippen MR) is 102 cm³/mol. The Kier molecular flexibility index (Phi) is 5.16. The highest BCUT2D eigenvalue weighted by Gasteiger charge is 2.05. The van der Waals surface area contributed by atoms with Gasteiger partial charge in [0, 0.05) is 23.1 Å². The van der Waals surface area contributed by atoms with Crippen molar-refractivity contribution in [3.63, 3.8) is 0 Å². The molecule has 1 heterocycles. The van der Waals surface area contributed by atoms with E-state index in [0.717, 1.165) is 11.4 Å². The smallest absolute Gasteiger partial charge is 0.229 e. The number of Topliss-reactive ketones (excluding diaryl/α,β-unsaturated/α-hetero) is 1. The average Bonchev–Trinajstić information content (AvgIpc) is 2.59. The van der Waals surface area contributed by atoms with E-state index < -0.39 is 0 Å². The zero-order valence-electron chi connectivity index (χ0n) is 13.3. The molecule has 25 heavy (non-hydrogen) atoms. The maximum atomic E-state index is 11.5. The van der Waals surface area contributed by atoms with Crippen molar-refractivity contribution >= 4 is 52.1 Å². The molecule has 0 amide bonds. The molecule has 0 saturated carbocycles. The lowest BCUT2D eigenvalue weighted by atomic mass is 10.1. The normalized spacial score (nSPS) is 10.4. The highest BCUT2D eigenvalue weighted by molar-refractivity contribution is 6.42. The monoisotopic (exact) mass is 372 g/mol. The second kappa shape index (κ2) is 7.51. The van der Waals surface area contributed by atoms with Crippen molar-refractivity contribution in [1.29, 1.82) is 0 Å². The van der Waals surface area contributed by atoms with Gasteiger partial charge in [-0.15, -0.1) is 0 Å². The maximum absolute atomic E-state index is 11.5. The summed E-state index contributed by atoms with van der Waals surface area (Å²) >= 11 is 11.9. The van der Waals surface area contributed by atoms with Gasteiger partial charge in [0.1, 0.15) is 5.82 Å². The van der Waals surface area contributed by atoms with Crippen LogP contribution in [0.4, 0.5) is 23.1 Å². The number of rotatable bonds is 5. The van der Waals surface area contributed by atoms with Crippen molar-refractivity contribution < 1.29 is 4.79 Å². The fourth-order valence-electron chi connectivity index (χ4n) is 2.16. The molecule has 3 rings (SSSR count). The summed E-state index contributed by atoms with van der Waals surface area (Å²) in [5.74, 6) is 1.01. The molecule has 0 saturated heterocycles. The van der Waals surface area contributed by atoms with Gasteiger partial charge in [0.15, 0.2) is 5.78 Å². The van der Waals surface area contributed by atoms with Gasteiger partial charge in [0.2, 0.25) is 5.95 Å². The fourth-order valence-corrected chi connectivity index (χ4v) is 2.45. The van der Waals surface area contributed by atoms with Gasteiger partial charge < -0.3 is 10.6 Å². The molecule has 0 atom stereocenters. The van der Waals surface area contributed by atoms with Gasteiger partial charge in [-0.3, -0.25) is 4.79 Å². The van der Waals surface area contributed by atoms with Gasteiger partial charge in [-0.05, 0) is 43.3 Å². The molecule has 0 radical (unpaired) electrons. The van der Waals surface area contributed by atoms with Crippen LogP contribution in [0.15, 0.2) is 54.7 Å². The molecule has 126 valence electrons. The molecular formula is C18H14Cl2N4O. The number of nitrogens with one attached hydrogen (secondary N) is 2. The van der Waals surface area contributed by atoms with E-state index in [1.807, 2.05) is 12.1 Å². The number of hydrogen-bond donors (Lipinski definition) is 2. The first kappa shape index (κ1) is 17.2. The molecule has 1 aromatic heterocycles. The number of carbonyl (C=O) groups excluding carboxylic acids is 1. The van der Waals surface area contributed by atoms with Crippen molar-refractivity contribution in [2.24, 2.45) is 0 Å². The standard InChI is InChI=1S/C18H14Cl2N4O/c1-11(25)12-3-2-4-13(9-12)22-17-7-8-21-18(24-17)23-14-5-6-15(19)16(20)10-14/h2-10H,1H3,(H2,21,22,23,24). The third kappa shape index (κ3) is 4.47. The topological polar surface area (TPSA) is 66.9 Å². The van der Waals surface area contributed by atoms with Crippen LogP contribution >= 0.6 is 23.2 Å². The quantitative estimate of drug-likeness (QED) is 0.580. The molecule has 0 fully saturated rings. The van der Waals surface area contributed by atoms with Crippen LogP contribution in [-0.2, 0) is 0 Å². The zero-order chi connectivity index (χ0) is 17.8. The van der Waals surface area contributed by atoms with Crippen LogP contribution in [0, 0.1) is 0 Å². The molecule has 5 nitrogen and oxygen atoms in total. The number of carbonyl (C=O) groups is 1. The Morgan fingerprint density at radius 3 is 2.52 bits per heavy atom. The van der Waals surface area contributed by atoms with Crippen LogP contribution < -0.4 is 10.6 Å². The van der Waals surface area contributed by atoms with Gasteiger partial charge in [0.25, 0.3) is 0 Å². The lowest BCUT2D eigenvalue weighted by Crippen LogP contribution is -2.01. The fraction of sp³-hybridized carbons (Fsp3) is 0.0556. The van der Waals surface area contributed by atoms with Gasteiger partial charge in [-0.1, -0.05) is 35.3 Å². The Morgan fingerprint density at radius 1 is 0.960 bits per heavy atom. The Balaban J connectivity index is 1.78. The van der Waals surface area contributed by atoms with Crippen molar-refractivity contribution in [3.05, 3.63) is 70.3 Å². The summed E-state index contributed by atoms with van der Waals surface area (Å²) in [7, 11) is 0. The number of aromatic nitrogens is 2. The molecule has 3 aromatic rings. The van der Waals surface area contributed by atoms with Gasteiger partial charge in [0.05, 0.1) is 10.0 Å². The van der Waals surface area contributed by atoms with Gasteiger partial charge >= 0.3 is 0 Å². The van der Waals surface area contributed by atoms with Crippen molar-refractivity contribution in [2.75, 3.05) is 10.6 Å². The highest BCUT2D eigenvalue weighted by Crippen LogP contribution is 2.26. The number of benzene rings is 2. The summed E-state index contributed by atoms with van der Waals surface area (Å²) < 4.78 is 0. The Morgan fingerprint density at radius 2 is 1.76 bits per heavy atom. The molecule has 2 N–H and O–H groups in total. The molecular weight excluding hydrogens is 359 g/mol. The third-order valence-electron chi connectivity index (χ3n) is 3.37. The number of nitrogens with zero attached hydrogens (tertiary/aromatic N) is 2. The number of hydrogen-bond acceptors (Lipinski definition) is 5. The van der Waals surface area contributed by atoms with E-state index in [9.17, 15) is 4.79 Å². The first-order valence-corrected chi connectivity index (χ1v) is 8.20. The van der Waals surface area contributed by atoms with E-state index in [1.165, 1.54) is 6.92 Å². The second-order valence-electron chi connectivity index (χ2n) is 5.28. The minimum Gasteiger partial charge on any atom is -0.340 e. The van der Waals surface area contributed by atoms with Crippen LogP contribution in [0.25, 0.3) is 0 Å². The van der Waals surface area contributed by atoms with Crippen LogP contribution in [-0.4, -0.2) is 15.8 Å². The Bertz CT molecular complexity index is 930. The lowest BCUT2D eigenvalue weighted by molar-refractivity contribution is 0.101. The third-order valence-corrected chi connectivity index (χ3v) is 4.11. The average molecular weight is 373 g/mol. The van der Waals surface area contributed by atoms with Crippen LogP contribution in [0.1, 0.15) is 17.3 Å². The first-order chi connectivity index (χ1) is 12.0. The first-order valence-electron chi connectivity index (χ1n) is 7.44. The molecule has 0 bridgehead atoms. The van der Waals surface area contributed by atoms with Crippen LogP contribution in [0.5, 0.6) is 0 Å². The highest BCUT2D eigenvalue weighted by atomic mass is 35.5. The minimum atomic E-state index is 0.00769. The maximum Gasteiger partial charge on any atom is 0.229 e. The molecule has 0 aliphatic heterocycles. The van der Waals surface area contributed by atoms with E-state index in [2.05, 4.69) is 20.6 Å². The lowest BCUT2D eigenvalue weighted by Gasteiger charge is -2.09. The molecule has 0 unspecified atom stereocenters. The second-order valence-corrected chi connectivity index (χ2v) is 6.10. The largest absolute Gasteiger partial charge is 0.340 e. The molecule has 7 heteroatoms. The van der Waals surface area contributed by atoms with Gasteiger partial charge in [-0.25, -0.2) is 4.98 Å². The summed E-state index contributed by atoms with van der Waals surface area (Å²) in [6.45, 7) is 1.53. The summed E-state index contributed by atoms with van der Waals surface area (Å²) in [4.78, 5) is 20.1. The van der Waals surface area contributed by atoms with Crippen molar-refractivity contribution in [2.45, 2.75) is 6.92 Å². The summed E-state index contributed by atoms with van der Waals surface area (Å²) in [6.07, 6.45) is 1.63. The molecule has 0 aliphatic rings. The van der Waals surface area contributed by atoms with Crippen LogP contribution in [0.3, 0.4) is 0 Å². The minimum absolute atomic E-state index is 0.00769. The van der Waals surface area contributed by atoms with Crippen LogP contribution in [0.2, 0.25) is 10.0 Å². The molecule has 2 aromatic carbocycles. The Hall–Kier alpha value is -2.63. The van der Waals surface area contributed by atoms with E-state index in [4.69, 9.17) is 23.2 Å². The molecule has 0 spiro atoms. The van der Waals surface area contributed by atoms with Crippen molar-refractivity contribution in [3.8, 4) is 0 Å². The van der Waals surface area contributed by atoms with E-state index in [-0.39, 0.29) is 5.78 Å². The van der Waals surface area contributed by atoms with Gasteiger partial charge in [-0.2, -0.15) is 4.98 Å². The summed E-state index contributed by atoms with van der Waals surface area (Å²) in [5.41, 5.74) is 2.13. The SMILES string of the molecule is CC(=O)c1cccc(Nc2ccnc(Nc3ccc(Cl)c(Cl)c3)n2)c1. The van der Waals surface area contributed by atoms with Crippen molar-refractivity contribution in [1.82, 2.24) is 9.97 Å². The summed E-state index contributed by atoms with van der Waals surface area (Å²) in [6, 6.07) is 14.1. The number of halogens is 2. The summed E-state index contributed by atoms with van der Waals surface area (Å²) in [5, 5.41) is 7.15. The number of anilines is 4. The predicted octanol–water partition coefficient (Wildman–Crippen LogP) is 5.47. The van der Waals surface area contributed by atoms with E-state index >= 15 is 0 Å². The zero-order valence-corrected chi connectivity index (χ0v) is 14.8. The molecule has 0 aliphatic carbocycles. The number of ketones is 1.